The lowest BCUT2D eigenvalue weighted by molar-refractivity contribution is 0.0476. The van der Waals surface area contributed by atoms with E-state index in [-0.39, 0.29) is 10.2 Å². The van der Waals surface area contributed by atoms with Crippen LogP contribution in [0, 0.1) is 11.3 Å². The minimum absolute atomic E-state index is 0.220. The largest absolute Gasteiger partial charge is 0.383 e. The van der Waals surface area contributed by atoms with Crippen molar-refractivity contribution in [1.29, 1.82) is 0 Å². The highest BCUT2D eigenvalue weighted by molar-refractivity contribution is 8.01. The van der Waals surface area contributed by atoms with Crippen molar-refractivity contribution in [2.45, 2.75) is 96.7 Å². The summed E-state index contributed by atoms with van der Waals surface area (Å²) in [6, 6.07) is 0.973. The first-order valence-electron chi connectivity index (χ1n) is 9.63. The van der Waals surface area contributed by atoms with E-state index in [9.17, 15) is 0 Å². The van der Waals surface area contributed by atoms with Crippen LogP contribution in [-0.4, -0.2) is 47.4 Å². The Balaban J connectivity index is 2.95. The Morgan fingerprint density at radius 1 is 1.17 bits per heavy atom. The van der Waals surface area contributed by atoms with Crippen molar-refractivity contribution in [2.24, 2.45) is 11.3 Å². The van der Waals surface area contributed by atoms with Crippen LogP contribution in [-0.2, 0) is 4.74 Å². The van der Waals surface area contributed by atoms with Crippen LogP contribution >= 0.6 is 11.8 Å². The van der Waals surface area contributed by atoms with E-state index in [2.05, 4.69) is 77.6 Å². The minimum atomic E-state index is 0.220. The summed E-state index contributed by atoms with van der Waals surface area (Å²) in [4.78, 5) is 0. The van der Waals surface area contributed by atoms with Crippen LogP contribution in [0.4, 0.5) is 0 Å². The Bertz CT molecular complexity index is 360. The molecule has 1 fully saturated rings. The molecule has 1 saturated heterocycles. The summed E-state index contributed by atoms with van der Waals surface area (Å²) in [6.45, 7) is 20.8. The van der Waals surface area contributed by atoms with Crippen LogP contribution in [0.5, 0.6) is 0 Å². The maximum absolute atomic E-state index is 5.44. The molecule has 0 aromatic heterocycles. The molecule has 24 heavy (non-hydrogen) atoms. The molecule has 3 nitrogen and oxygen atoms in total. The fourth-order valence-corrected chi connectivity index (χ4v) is 5.55. The lowest BCUT2D eigenvalue weighted by atomic mass is 9.83. The van der Waals surface area contributed by atoms with Crippen LogP contribution in [0.25, 0.3) is 0 Å². The number of nitrogens with one attached hydrogen (secondary N) is 1. The van der Waals surface area contributed by atoms with Gasteiger partial charge in [0.25, 0.3) is 0 Å². The number of ether oxygens (including phenoxy) is 1. The van der Waals surface area contributed by atoms with Crippen molar-refractivity contribution in [3.63, 3.8) is 0 Å². The van der Waals surface area contributed by atoms with Gasteiger partial charge in [0.1, 0.15) is 0 Å². The van der Waals surface area contributed by atoms with Gasteiger partial charge in [0.2, 0.25) is 0 Å². The van der Waals surface area contributed by atoms with Gasteiger partial charge in [-0.15, -0.1) is 0 Å². The second-order valence-electron chi connectivity index (χ2n) is 9.82. The summed E-state index contributed by atoms with van der Waals surface area (Å²) >= 11 is 2.14. The Hall–Kier alpha value is 0.230. The standard InChI is InChI=1S/C20H42N2OS/c1-15(2)13-17(24-20(6,7)8)18(19(3,4)5)21-22-12-10-11-16(22)14-23-9/h15-18,21H,10-14H2,1-9H3/t16-,17-,18-/m0/s1. The predicted molar refractivity (Wildman–Crippen MR) is 109 cm³/mol. The Kier molecular flexibility index (Phi) is 8.58. The second kappa shape index (κ2) is 9.25. The summed E-state index contributed by atoms with van der Waals surface area (Å²) in [5, 5.41) is 3.07. The molecule has 0 radical (unpaired) electrons. The number of rotatable bonds is 8. The third kappa shape index (κ3) is 7.63. The average Bonchev–Trinajstić information content (AvgIpc) is 2.79. The molecule has 0 amide bonds. The zero-order valence-electron chi connectivity index (χ0n) is 17.6. The topological polar surface area (TPSA) is 24.5 Å². The van der Waals surface area contributed by atoms with Gasteiger partial charge in [0.15, 0.2) is 0 Å². The third-order valence-electron chi connectivity index (χ3n) is 4.55. The highest BCUT2D eigenvalue weighted by Crippen LogP contribution is 2.39. The van der Waals surface area contributed by atoms with Crippen LogP contribution < -0.4 is 5.43 Å². The van der Waals surface area contributed by atoms with E-state index in [0.29, 0.717) is 23.3 Å². The number of hydrazine groups is 1. The molecule has 1 heterocycles. The van der Waals surface area contributed by atoms with Gasteiger partial charge in [-0.1, -0.05) is 55.4 Å². The van der Waals surface area contributed by atoms with Crippen molar-refractivity contribution in [1.82, 2.24) is 10.4 Å². The number of methoxy groups -OCH3 is 1. The molecule has 1 aliphatic heterocycles. The molecule has 1 aliphatic rings. The smallest absolute Gasteiger partial charge is 0.0632 e. The Morgan fingerprint density at radius 2 is 1.79 bits per heavy atom. The van der Waals surface area contributed by atoms with Crippen LogP contribution in [0.1, 0.15) is 74.7 Å². The maximum atomic E-state index is 5.44. The van der Waals surface area contributed by atoms with Gasteiger partial charge < -0.3 is 4.74 Å². The second-order valence-corrected chi connectivity index (χ2v) is 11.9. The zero-order chi connectivity index (χ0) is 18.5. The van der Waals surface area contributed by atoms with Crippen LogP contribution in [0.15, 0.2) is 0 Å². The number of thioether (sulfide) groups is 1. The summed E-state index contributed by atoms with van der Waals surface area (Å²) in [6.07, 6.45) is 3.75. The normalized spacial score (nSPS) is 23.0. The van der Waals surface area contributed by atoms with Gasteiger partial charge in [-0.05, 0) is 30.6 Å². The molecule has 0 aromatic carbocycles. The van der Waals surface area contributed by atoms with Crippen molar-refractivity contribution < 1.29 is 4.74 Å². The first kappa shape index (κ1) is 22.3. The van der Waals surface area contributed by atoms with E-state index in [1.807, 2.05) is 7.11 Å². The minimum Gasteiger partial charge on any atom is -0.383 e. The molecule has 1 rings (SSSR count). The van der Waals surface area contributed by atoms with Crippen molar-refractivity contribution in [2.75, 3.05) is 20.3 Å². The summed E-state index contributed by atoms with van der Waals surface area (Å²) in [5.74, 6) is 0.713. The van der Waals surface area contributed by atoms with Crippen molar-refractivity contribution in [3.8, 4) is 0 Å². The van der Waals surface area contributed by atoms with E-state index in [0.717, 1.165) is 13.2 Å². The predicted octanol–water partition coefficient (Wildman–Crippen LogP) is 4.96. The first-order valence-corrected chi connectivity index (χ1v) is 10.5. The lowest BCUT2D eigenvalue weighted by Gasteiger charge is -2.43. The molecule has 3 atom stereocenters. The van der Waals surface area contributed by atoms with Gasteiger partial charge in [-0.25, -0.2) is 5.01 Å². The number of nitrogens with zero attached hydrogens (tertiary/aromatic N) is 1. The highest BCUT2D eigenvalue weighted by atomic mass is 32.2. The quantitative estimate of drug-likeness (QED) is 0.662. The molecule has 4 heteroatoms. The van der Waals surface area contributed by atoms with Gasteiger partial charge >= 0.3 is 0 Å². The Morgan fingerprint density at radius 3 is 2.25 bits per heavy atom. The fraction of sp³-hybridized carbons (Fsp3) is 1.00. The highest BCUT2D eigenvalue weighted by Gasteiger charge is 2.38. The Labute approximate surface area is 155 Å². The van der Waals surface area contributed by atoms with Gasteiger partial charge in [-0.3, -0.25) is 5.43 Å². The van der Waals surface area contributed by atoms with Crippen LogP contribution in [0.2, 0.25) is 0 Å². The molecule has 1 N–H and O–H groups in total. The van der Waals surface area contributed by atoms with Gasteiger partial charge in [-0.2, -0.15) is 11.8 Å². The average molecular weight is 359 g/mol. The summed E-state index contributed by atoms with van der Waals surface area (Å²) < 4.78 is 5.72. The summed E-state index contributed by atoms with van der Waals surface area (Å²) in [5.41, 5.74) is 4.17. The molecule has 0 aliphatic carbocycles. The van der Waals surface area contributed by atoms with Gasteiger partial charge in [0.05, 0.1) is 6.61 Å². The van der Waals surface area contributed by atoms with Crippen LogP contribution in [0.3, 0.4) is 0 Å². The SMILES string of the molecule is COC[C@@H]1CCCN1N[C@@H]([C@H](CC(C)C)SC(C)(C)C)C(C)(C)C. The lowest BCUT2D eigenvalue weighted by Crippen LogP contribution is -2.57. The van der Waals surface area contributed by atoms with E-state index >= 15 is 0 Å². The summed E-state index contributed by atoms with van der Waals surface area (Å²) in [7, 11) is 1.81. The first-order chi connectivity index (χ1) is 10.9. The molecule has 0 saturated carbocycles. The zero-order valence-corrected chi connectivity index (χ0v) is 18.4. The third-order valence-corrected chi connectivity index (χ3v) is 6.03. The molecule has 0 spiro atoms. The molecule has 0 aromatic rings. The molecular weight excluding hydrogens is 316 g/mol. The number of hydrogen-bond donors (Lipinski definition) is 1. The molecule has 144 valence electrons. The maximum Gasteiger partial charge on any atom is 0.0632 e. The van der Waals surface area contributed by atoms with E-state index in [1.54, 1.807) is 0 Å². The number of hydrogen-bond acceptors (Lipinski definition) is 4. The van der Waals surface area contributed by atoms with Gasteiger partial charge in [0, 0.05) is 35.7 Å². The van der Waals surface area contributed by atoms with Crippen molar-refractivity contribution in [3.05, 3.63) is 0 Å². The monoisotopic (exact) mass is 358 g/mol. The van der Waals surface area contributed by atoms with E-state index < -0.39 is 0 Å². The van der Waals surface area contributed by atoms with E-state index in [1.165, 1.54) is 19.3 Å². The molecular formula is C20H42N2OS. The van der Waals surface area contributed by atoms with Crippen molar-refractivity contribution >= 4 is 11.8 Å². The molecule has 0 unspecified atom stereocenters. The molecule has 0 bridgehead atoms. The van der Waals surface area contributed by atoms with E-state index in [4.69, 9.17) is 4.74 Å². The fourth-order valence-electron chi connectivity index (χ4n) is 3.56.